The Morgan fingerprint density at radius 3 is 2.80 bits per heavy atom. The molecule has 3 aromatic heterocycles. The van der Waals surface area contributed by atoms with Crippen LogP contribution in [0.3, 0.4) is 0 Å². The quantitative estimate of drug-likeness (QED) is 0.765. The number of fused-ring (bicyclic) bond motifs is 1. The van der Waals surface area contributed by atoms with Gasteiger partial charge in [-0.05, 0) is 37.1 Å². The van der Waals surface area contributed by atoms with Gasteiger partial charge in [0.25, 0.3) is 5.91 Å². The van der Waals surface area contributed by atoms with Gasteiger partial charge < -0.3 is 5.32 Å². The normalized spacial score (nSPS) is 15.2. The average Bonchev–Trinajstić information content (AvgIpc) is 3.07. The monoisotopic (exact) mass is 336 g/mol. The molecule has 1 aliphatic rings. The minimum atomic E-state index is -0.272. The third kappa shape index (κ3) is 3.45. The SMILES string of the molecule is O=C(Nc1nc2cccc(NC3CCCCC3)n2n1)c1cccnc1. The molecule has 0 radical (unpaired) electrons. The standard InChI is InChI=1S/C18H20N6O/c25-17(13-6-5-11-19-12-13)22-18-21-16-10-4-9-15(24(16)23-18)20-14-7-2-1-3-8-14/h4-6,9-12,14,20H,1-3,7-8H2,(H,22,23,25). The van der Waals surface area contributed by atoms with Gasteiger partial charge in [0, 0.05) is 18.4 Å². The molecule has 25 heavy (non-hydrogen) atoms. The summed E-state index contributed by atoms with van der Waals surface area (Å²) in [6.45, 7) is 0. The van der Waals surface area contributed by atoms with E-state index >= 15 is 0 Å². The van der Waals surface area contributed by atoms with Crippen LogP contribution in [0.2, 0.25) is 0 Å². The number of hydrogen-bond donors (Lipinski definition) is 2. The summed E-state index contributed by atoms with van der Waals surface area (Å²) in [4.78, 5) is 20.6. The van der Waals surface area contributed by atoms with E-state index < -0.39 is 0 Å². The first-order chi connectivity index (χ1) is 12.3. The molecular formula is C18H20N6O. The highest BCUT2D eigenvalue weighted by atomic mass is 16.1. The zero-order valence-electron chi connectivity index (χ0n) is 13.9. The number of carbonyl (C=O) groups is 1. The molecule has 1 aliphatic carbocycles. The van der Waals surface area contributed by atoms with E-state index in [4.69, 9.17) is 0 Å². The number of nitrogens with one attached hydrogen (secondary N) is 2. The Kier molecular flexibility index (Phi) is 4.28. The number of carbonyl (C=O) groups excluding carboxylic acids is 1. The summed E-state index contributed by atoms with van der Waals surface area (Å²) in [6.07, 6.45) is 9.33. The minimum Gasteiger partial charge on any atom is -0.367 e. The van der Waals surface area contributed by atoms with Crippen LogP contribution in [0.15, 0.2) is 42.7 Å². The number of aromatic nitrogens is 4. The molecule has 2 N–H and O–H groups in total. The van der Waals surface area contributed by atoms with Crippen molar-refractivity contribution in [1.82, 2.24) is 19.6 Å². The van der Waals surface area contributed by atoms with Gasteiger partial charge in [0.15, 0.2) is 5.65 Å². The van der Waals surface area contributed by atoms with Crippen LogP contribution in [-0.2, 0) is 0 Å². The zero-order valence-corrected chi connectivity index (χ0v) is 13.9. The summed E-state index contributed by atoms with van der Waals surface area (Å²) >= 11 is 0. The summed E-state index contributed by atoms with van der Waals surface area (Å²) < 4.78 is 1.74. The van der Waals surface area contributed by atoms with E-state index in [1.807, 2.05) is 18.2 Å². The molecule has 1 amide bonds. The minimum absolute atomic E-state index is 0.272. The molecular weight excluding hydrogens is 316 g/mol. The smallest absolute Gasteiger partial charge is 0.259 e. The first-order valence-corrected chi connectivity index (χ1v) is 8.63. The maximum atomic E-state index is 12.2. The summed E-state index contributed by atoms with van der Waals surface area (Å²) in [5, 5.41) is 10.7. The lowest BCUT2D eigenvalue weighted by Gasteiger charge is -2.23. The van der Waals surface area contributed by atoms with Crippen molar-refractivity contribution >= 4 is 23.3 Å². The molecule has 0 aromatic carbocycles. The number of nitrogens with zero attached hydrogens (tertiary/aromatic N) is 4. The Balaban J connectivity index is 1.55. The van der Waals surface area contributed by atoms with E-state index in [1.165, 1.54) is 38.3 Å². The van der Waals surface area contributed by atoms with E-state index in [1.54, 1.807) is 22.8 Å². The van der Waals surface area contributed by atoms with Crippen LogP contribution in [0, 0.1) is 0 Å². The molecule has 3 heterocycles. The van der Waals surface area contributed by atoms with E-state index in [0.717, 1.165) is 5.82 Å². The van der Waals surface area contributed by atoms with Crippen molar-refractivity contribution in [3.8, 4) is 0 Å². The predicted molar refractivity (Wildman–Crippen MR) is 95.7 cm³/mol. The highest BCUT2D eigenvalue weighted by molar-refractivity contribution is 6.03. The highest BCUT2D eigenvalue weighted by Crippen LogP contribution is 2.22. The number of anilines is 2. The highest BCUT2D eigenvalue weighted by Gasteiger charge is 2.16. The second-order valence-electron chi connectivity index (χ2n) is 6.29. The van der Waals surface area contributed by atoms with Crippen LogP contribution in [0.1, 0.15) is 42.5 Å². The van der Waals surface area contributed by atoms with Crippen molar-refractivity contribution in [2.24, 2.45) is 0 Å². The van der Waals surface area contributed by atoms with Crippen molar-refractivity contribution in [2.75, 3.05) is 10.6 Å². The summed E-state index contributed by atoms with van der Waals surface area (Å²) in [5.41, 5.74) is 1.17. The molecule has 3 aromatic rings. The number of rotatable bonds is 4. The van der Waals surface area contributed by atoms with Gasteiger partial charge in [-0.3, -0.25) is 15.1 Å². The van der Waals surface area contributed by atoms with Crippen molar-refractivity contribution in [3.05, 3.63) is 48.3 Å². The third-order valence-corrected chi connectivity index (χ3v) is 4.47. The molecule has 1 fully saturated rings. The first-order valence-electron chi connectivity index (χ1n) is 8.63. The van der Waals surface area contributed by atoms with E-state index in [9.17, 15) is 4.79 Å². The van der Waals surface area contributed by atoms with Crippen LogP contribution < -0.4 is 10.6 Å². The molecule has 0 aliphatic heterocycles. The maximum Gasteiger partial charge on any atom is 0.259 e. The van der Waals surface area contributed by atoms with Crippen LogP contribution >= 0.6 is 0 Å². The van der Waals surface area contributed by atoms with Gasteiger partial charge in [-0.25, -0.2) is 0 Å². The van der Waals surface area contributed by atoms with Gasteiger partial charge in [-0.1, -0.05) is 25.3 Å². The molecule has 4 rings (SSSR count). The number of hydrogen-bond acceptors (Lipinski definition) is 5. The van der Waals surface area contributed by atoms with Crippen LogP contribution in [0.5, 0.6) is 0 Å². The molecule has 0 bridgehead atoms. The summed E-state index contributed by atoms with van der Waals surface area (Å²) in [6, 6.07) is 9.70. The third-order valence-electron chi connectivity index (χ3n) is 4.47. The fourth-order valence-electron chi connectivity index (χ4n) is 3.19. The van der Waals surface area contributed by atoms with Gasteiger partial charge in [-0.2, -0.15) is 9.50 Å². The zero-order chi connectivity index (χ0) is 17.1. The Labute approximate surface area is 145 Å². The lowest BCUT2D eigenvalue weighted by atomic mass is 9.95. The Morgan fingerprint density at radius 1 is 1.12 bits per heavy atom. The lowest BCUT2D eigenvalue weighted by molar-refractivity contribution is 0.102. The lowest BCUT2D eigenvalue weighted by Crippen LogP contribution is -2.23. The van der Waals surface area contributed by atoms with Crippen LogP contribution in [0.25, 0.3) is 5.65 Å². The molecule has 0 spiro atoms. The number of amides is 1. The van der Waals surface area contributed by atoms with E-state index in [0.29, 0.717) is 17.3 Å². The second kappa shape index (κ2) is 6.88. The Bertz CT molecular complexity index is 870. The van der Waals surface area contributed by atoms with Gasteiger partial charge >= 0.3 is 0 Å². The maximum absolute atomic E-state index is 12.2. The van der Waals surface area contributed by atoms with Gasteiger partial charge in [0.05, 0.1) is 5.56 Å². The Hall–Kier alpha value is -2.96. The van der Waals surface area contributed by atoms with E-state index in [2.05, 4.69) is 25.7 Å². The topological polar surface area (TPSA) is 84.2 Å². The van der Waals surface area contributed by atoms with Crippen LogP contribution in [0.4, 0.5) is 11.8 Å². The van der Waals surface area contributed by atoms with Gasteiger partial charge in [-0.15, -0.1) is 5.10 Å². The fraction of sp³-hybridized carbons (Fsp3) is 0.333. The molecule has 0 atom stereocenters. The van der Waals surface area contributed by atoms with Crippen molar-refractivity contribution in [1.29, 1.82) is 0 Å². The van der Waals surface area contributed by atoms with Gasteiger partial charge in [0.1, 0.15) is 5.82 Å². The van der Waals surface area contributed by atoms with Crippen molar-refractivity contribution in [2.45, 2.75) is 38.1 Å². The molecule has 1 saturated carbocycles. The number of pyridine rings is 2. The molecule has 7 heteroatoms. The second-order valence-corrected chi connectivity index (χ2v) is 6.29. The predicted octanol–water partition coefficient (Wildman–Crippen LogP) is 3.12. The van der Waals surface area contributed by atoms with Gasteiger partial charge in [0.2, 0.25) is 5.95 Å². The fourth-order valence-corrected chi connectivity index (χ4v) is 3.19. The first kappa shape index (κ1) is 15.6. The summed E-state index contributed by atoms with van der Waals surface area (Å²) in [5.74, 6) is 0.913. The molecule has 0 saturated heterocycles. The molecule has 7 nitrogen and oxygen atoms in total. The summed E-state index contributed by atoms with van der Waals surface area (Å²) in [7, 11) is 0. The van der Waals surface area contributed by atoms with Crippen molar-refractivity contribution in [3.63, 3.8) is 0 Å². The van der Waals surface area contributed by atoms with Crippen molar-refractivity contribution < 1.29 is 4.79 Å². The van der Waals surface area contributed by atoms with Crippen LogP contribution in [-0.4, -0.2) is 31.5 Å². The molecule has 128 valence electrons. The average molecular weight is 336 g/mol. The van der Waals surface area contributed by atoms with E-state index in [-0.39, 0.29) is 11.9 Å². The largest absolute Gasteiger partial charge is 0.367 e. The Morgan fingerprint density at radius 2 is 2.00 bits per heavy atom. The molecule has 0 unspecified atom stereocenters.